The van der Waals surface area contributed by atoms with Crippen LogP contribution in [0.1, 0.15) is 5.56 Å². The van der Waals surface area contributed by atoms with Gasteiger partial charge in [-0.2, -0.15) is 13.2 Å². The molecule has 0 bridgehead atoms. The zero-order valence-corrected chi connectivity index (χ0v) is 8.94. The molecule has 0 aliphatic carbocycles. The zero-order chi connectivity index (χ0) is 12.6. The average molecular weight is 263 g/mol. The molecule has 17 heavy (non-hydrogen) atoms. The summed E-state index contributed by atoms with van der Waals surface area (Å²) in [5, 5.41) is 7.27. The van der Waals surface area contributed by atoms with Crippen molar-refractivity contribution < 1.29 is 17.6 Å². The van der Waals surface area contributed by atoms with Crippen molar-refractivity contribution in [3.8, 4) is 10.6 Å². The van der Waals surface area contributed by atoms with Gasteiger partial charge in [-0.05, 0) is 18.2 Å². The van der Waals surface area contributed by atoms with Crippen molar-refractivity contribution in [2.24, 2.45) is 0 Å². The number of anilines is 1. The molecule has 1 aromatic heterocycles. The van der Waals surface area contributed by atoms with Crippen LogP contribution in [0.15, 0.2) is 18.2 Å². The monoisotopic (exact) mass is 263 g/mol. The van der Waals surface area contributed by atoms with E-state index >= 15 is 0 Å². The van der Waals surface area contributed by atoms with Crippen LogP contribution in [-0.4, -0.2) is 10.2 Å². The first kappa shape index (κ1) is 11.8. The molecule has 2 aromatic rings. The molecule has 8 heteroatoms. The van der Waals surface area contributed by atoms with E-state index in [-0.39, 0.29) is 15.7 Å². The Bertz CT molecular complexity index is 549. The van der Waals surface area contributed by atoms with Gasteiger partial charge in [-0.15, -0.1) is 10.2 Å². The van der Waals surface area contributed by atoms with Crippen LogP contribution >= 0.6 is 11.3 Å². The van der Waals surface area contributed by atoms with Gasteiger partial charge in [0.1, 0.15) is 10.8 Å². The summed E-state index contributed by atoms with van der Waals surface area (Å²) in [6.07, 6.45) is -4.60. The predicted molar refractivity (Wildman–Crippen MR) is 54.7 cm³/mol. The van der Waals surface area contributed by atoms with Gasteiger partial charge >= 0.3 is 6.18 Å². The van der Waals surface area contributed by atoms with Gasteiger partial charge in [0.25, 0.3) is 0 Å². The van der Waals surface area contributed by atoms with E-state index in [2.05, 4.69) is 10.2 Å². The molecule has 0 fully saturated rings. The van der Waals surface area contributed by atoms with Crippen LogP contribution < -0.4 is 5.73 Å². The summed E-state index contributed by atoms with van der Waals surface area (Å²) >= 11 is 0.890. The lowest BCUT2D eigenvalue weighted by atomic mass is 10.1. The number of hydrogen-bond acceptors (Lipinski definition) is 4. The second kappa shape index (κ2) is 3.95. The molecular formula is C9H5F4N3S. The molecule has 1 heterocycles. The lowest BCUT2D eigenvalue weighted by Gasteiger charge is -2.07. The second-order valence-electron chi connectivity index (χ2n) is 3.17. The second-order valence-corrected chi connectivity index (χ2v) is 4.18. The predicted octanol–water partition coefficient (Wildman–Crippen LogP) is 2.95. The Morgan fingerprint density at radius 1 is 1.12 bits per heavy atom. The lowest BCUT2D eigenvalue weighted by Crippen LogP contribution is -2.05. The van der Waals surface area contributed by atoms with Crippen molar-refractivity contribution in [3.63, 3.8) is 0 Å². The summed E-state index contributed by atoms with van der Waals surface area (Å²) in [4.78, 5) is 0. The number of alkyl halides is 3. The fourth-order valence-corrected chi connectivity index (χ4v) is 1.83. The average Bonchev–Trinajstić information content (AvgIpc) is 2.62. The quantitative estimate of drug-likeness (QED) is 0.805. The van der Waals surface area contributed by atoms with Crippen molar-refractivity contribution in [3.05, 3.63) is 29.6 Å². The molecule has 0 amide bonds. The summed E-state index contributed by atoms with van der Waals surface area (Å²) < 4.78 is 50.4. The minimum atomic E-state index is -4.60. The molecule has 3 nitrogen and oxygen atoms in total. The van der Waals surface area contributed by atoms with E-state index in [4.69, 9.17) is 5.73 Å². The Balaban J connectivity index is 2.52. The Hall–Kier alpha value is -1.70. The van der Waals surface area contributed by atoms with E-state index in [1.807, 2.05) is 0 Å². The number of benzene rings is 1. The van der Waals surface area contributed by atoms with Gasteiger partial charge in [0.15, 0.2) is 0 Å². The molecule has 2 N–H and O–H groups in total. The molecule has 0 saturated heterocycles. The molecule has 0 unspecified atom stereocenters. The fraction of sp³-hybridized carbons (Fsp3) is 0.111. The number of nitrogens with zero attached hydrogens (tertiary/aromatic N) is 2. The van der Waals surface area contributed by atoms with Crippen LogP contribution in [0.3, 0.4) is 0 Å². The van der Waals surface area contributed by atoms with E-state index in [9.17, 15) is 17.6 Å². The van der Waals surface area contributed by atoms with Crippen molar-refractivity contribution in [1.82, 2.24) is 10.2 Å². The smallest absolute Gasteiger partial charge is 0.374 e. The van der Waals surface area contributed by atoms with Crippen LogP contribution in [0.2, 0.25) is 0 Å². The van der Waals surface area contributed by atoms with Gasteiger partial charge in [0, 0.05) is 5.56 Å². The van der Waals surface area contributed by atoms with Gasteiger partial charge in [0.05, 0.1) is 5.56 Å². The number of nitrogens with two attached hydrogens (primary N) is 1. The summed E-state index contributed by atoms with van der Waals surface area (Å²) in [6.45, 7) is 0. The first-order valence-electron chi connectivity index (χ1n) is 4.33. The Kier molecular flexibility index (Phi) is 2.74. The number of aromatic nitrogens is 2. The zero-order valence-electron chi connectivity index (χ0n) is 8.12. The van der Waals surface area contributed by atoms with E-state index < -0.39 is 17.6 Å². The van der Waals surface area contributed by atoms with Gasteiger partial charge in [0.2, 0.25) is 5.13 Å². The summed E-state index contributed by atoms with van der Waals surface area (Å²) in [6, 6.07) is 2.19. The van der Waals surface area contributed by atoms with Crippen molar-refractivity contribution in [1.29, 1.82) is 0 Å². The van der Waals surface area contributed by atoms with Crippen LogP contribution in [0.4, 0.5) is 22.7 Å². The third-order valence-electron chi connectivity index (χ3n) is 1.91. The molecule has 1 aromatic carbocycles. The van der Waals surface area contributed by atoms with Crippen molar-refractivity contribution >= 4 is 16.5 Å². The highest BCUT2D eigenvalue weighted by Crippen LogP contribution is 2.34. The van der Waals surface area contributed by atoms with E-state index in [1.165, 1.54) is 0 Å². The highest BCUT2D eigenvalue weighted by molar-refractivity contribution is 7.18. The van der Waals surface area contributed by atoms with Gasteiger partial charge in [-0.1, -0.05) is 11.3 Å². The maximum absolute atomic E-state index is 13.1. The summed E-state index contributed by atoms with van der Waals surface area (Å²) in [5.41, 5.74) is 4.24. The third kappa shape index (κ3) is 2.52. The lowest BCUT2D eigenvalue weighted by molar-refractivity contribution is -0.137. The number of nitrogen functional groups attached to an aromatic ring is 1. The molecule has 90 valence electrons. The number of halogens is 4. The molecule has 0 radical (unpaired) electrons. The highest BCUT2D eigenvalue weighted by Gasteiger charge is 2.31. The summed E-state index contributed by atoms with van der Waals surface area (Å²) in [7, 11) is 0. The topological polar surface area (TPSA) is 51.8 Å². The minimum Gasteiger partial charge on any atom is -0.374 e. The molecule has 0 aliphatic heterocycles. The van der Waals surface area contributed by atoms with E-state index in [0.29, 0.717) is 6.07 Å². The third-order valence-corrected chi connectivity index (χ3v) is 2.71. The van der Waals surface area contributed by atoms with Crippen LogP contribution in [0.5, 0.6) is 0 Å². The van der Waals surface area contributed by atoms with Crippen LogP contribution in [0, 0.1) is 5.82 Å². The number of hydrogen-bond donors (Lipinski definition) is 1. The largest absolute Gasteiger partial charge is 0.416 e. The van der Waals surface area contributed by atoms with E-state index in [1.54, 1.807) is 0 Å². The Morgan fingerprint density at radius 3 is 2.35 bits per heavy atom. The SMILES string of the molecule is Nc1nnc(-c2cc(F)cc(C(F)(F)F)c2)s1. The summed E-state index contributed by atoms with van der Waals surface area (Å²) in [5.74, 6) is -0.983. The maximum Gasteiger partial charge on any atom is 0.416 e. The maximum atomic E-state index is 13.1. The first-order valence-corrected chi connectivity index (χ1v) is 5.15. The van der Waals surface area contributed by atoms with Crippen molar-refractivity contribution in [2.45, 2.75) is 6.18 Å². The standard InChI is InChI=1S/C9H5F4N3S/c10-6-2-4(7-15-16-8(14)17-7)1-5(3-6)9(11,12)13/h1-3H,(H2,14,16). The van der Waals surface area contributed by atoms with Crippen molar-refractivity contribution in [2.75, 3.05) is 5.73 Å². The number of rotatable bonds is 1. The fourth-order valence-electron chi connectivity index (χ4n) is 1.23. The van der Waals surface area contributed by atoms with Crippen LogP contribution in [0.25, 0.3) is 10.6 Å². The van der Waals surface area contributed by atoms with E-state index in [0.717, 1.165) is 23.5 Å². The Morgan fingerprint density at radius 2 is 1.82 bits per heavy atom. The molecule has 0 saturated carbocycles. The molecular weight excluding hydrogens is 258 g/mol. The van der Waals surface area contributed by atoms with Gasteiger partial charge in [-0.25, -0.2) is 4.39 Å². The minimum absolute atomic E-state index is 0.00604. The highest BCUT2D eigenvalue weighted by atomic mass is 32.1. The Labute approximate surface area is 96.9 Å². The molecule has 2 rings (SSSR count). The molecule has 0 atom stereocenters. The van der Waals surface area contributed by atoms with Gasteiger partial charge in [-0.3, -0.25) is 0 Å². The normalized spacial score (nSPS) is 11.8. The molecule has 0 aliphatic rings. The van der Waals surface area contributed by atoms with Crippen LogP contribution in [-0.2, 0) is 6.18 Å². The molecule has 0 spiro atoms. The first-order chi connectivity index (χ1) is 7.86. The van der Waals surface area contributed by atoms with Gasteiger partial charge < -0.3 is 5.73 Å².